The first-order chi connectivity index (χ1) is 10.5. The van der Waals surface area contributed by atoms with Crippen molar-refractivity contribution >= 4 is 17.5 Å². The Morgan fingerprint density at radius 3 is 2.91 bits per heavy atom. The number of hydrogen-bond donors (Lipinski definition) is 1. The summed E-state index contributed by atoms with van der Waals surface area (Å²) in [4.78, 5) is 28.2. The van der Waals surface area contributed by atoms with Crippen LogP contribution in [-0.2, 0) is 9.59 Å². The zero-order valence-electron chi connectivity index (χ0n) is 13.2. The van der Waals surface area contributed by atoms with Crippen molar-refractivity contribution in [2.75, 3.05) is 0 Å². The van der Waals surface area contributed by atoms with Gasteiger partial charge in [-0.25, -0.2) is 4.99 Å². The molecule has 0 aromatic rings. The Morgan fingerprint density at radius 2 is 2.14 bits per heavy atom. The highest BCUT2D eigenvalue weighted by Gasteiger charge is 2.32. The molecule has 1 N–H and O–H groups in total. The monoisotopic (exact) mass is 298 g/mol. The third-order valence-electron chi connectivity index (χ3n) is 4.35. The van der Waals surface area contributed by atoms with Crippen LogP contribution in [0.1, 0.15) is 46.0 Å². The molecule has 0 spiro atoms. The smallest absolute Gasteiger partial charge is 0.251 e. The summed E-state index contributed by atoms with van der Waals surface area (Å²) in [5.74, 6) is 0.381. The van der Waals surface area contributed by atoms with Crippen LogP contribution in [0.3, 0.4) is 0 Å². The molecule has 116 valence electrons. The van der Waals surface area contributed by atoms with Gasteiger partial charge in [0.05, 0.1) is 5.71 Å². The Morgan fingerprint density at radius 1 is 1.36 bits per heavy atom. The second-order valence-corrected chi connectivity index (χ2v) is 6.63. The molecular weight excluding hydrogens is 276 g/mol. The number of fused-ring (bicyclic) bond motifs is 2. The summed E-state index contributed by atoms with van der Waals surface area (Å²) < 4.78 is 0. The zero-order valence-corrected chi connectivity index (χ0v) is 13.2. The molecule has 4 nitrogen and oxygen atoms in total. The van der Waals surface area contributed by atoms with E-state index in [1.807, 2.05) is 26.0 Å². The fourth-order valence-corrected chi connectivity index (χ4v) is 3.36. The van der Waals surface area contributed by atoms with E-state index in [4.69, 9.17) is 0 Å². The molecule has 4 heteroatoms. The van der Waals surface area contributed by atoms with Crippen LogP contribution in [0.15, 0.2) is 40.1 Å². The molecule has 1 aliphatic heterocycles. The number of carbonyl (C=O) groups is 2. The third-order valence-corrected chi connectivity index (χ3v) is 4.35. The van der Waals surface area contributed by atoms with E-state index in [0.29, 0.717) is 18.1 Å². The topological polar surface area (TPSA) is 58.5 Å². The Hall–Kier alpha value is -1.97. The van der Waals surface area contributed by atoms with Gasteiger partial charge < -0.3 is 5.32 Å². The van der Waals surface area contributed by atoms with Gasteiger partial charge in [-0.2, -0.15) is 0 Å². The lowest BCUT2D eigenvalue weighted by molar-refractivity contribution is -0.118. The largest absolute Gasteiger partial charge is 0.325 e. The second-order valence-electron chi connectivity index (χ2n) is 6.63. The van der Waals surface area contributed by atoms with Gasteiger partial charge in [-0.15, -0.1) is 0 Å². The summed E-state index contributed by atoms with van der Waals surface area (Å²) in [6.45, 7) is 4.00. The van der Waals surface area contributed by atoms with Crippen molar-refractivity contribution in [2.45, 2.75) is 46.0 Å². The molecule has 0 aromatic heterocycles. The summed E-state index contributed by atoms with van der Waals surface area (Å²) in [6.07, 6.45) is 10.4. The van der Waals surface area contributed by atoms with E-state index in [2.05, 4.69) is 16.4 Å². The fraction of sp³-hybridized carbons (Fsp3) is 0.500. The van der Waals surface area contributed by atoms with Crippen LogP contribution in [-0.4, -0.2) is 17.5 Å². The fourth-order valence-electron chi connectivity index (χ4n) is 3.36. The average Bonchev–Trinajstić information content (AvgIpc) is 2.46. The molecule has 2 amide bonds. The normalized spacial score (nSPS) is 25.8. The number of nitrogens with zero attached hydrogens (tertiary/aromatic N) is 1. The lowest BCUT2D eigenvalue weighted by Gasteiger charge is -2.33. The number of rotatable bonds is 2. The van der Waals surface area contributed by atoms with E-state index in [0.717, 1.165) is 37.0 Å². The molecular formula is C18H22N2O2. The molecule has 1 unspecified atom stereocenters. The van der Waals surface area contributed by atoms with Crippen molar-refractivity contribution in [3.8, 4) is 0 Å². The Kier molecular flexibility index (Phi) is 4.10. The number of carbonyl (C=O) groups excluding carboxylic acids is 2. The van der Waals surface area contributed by atoms with Gasteiger partial charge in [-0.05, 0) is 49.3 Å². The number of allylic oxidation sites excluding steroid dienone is 3. The van der Waals surface area contributed by atoms with Gasteiger partial charge in [0, 0.05) is 23.6 Å². The Labute approximate surface area is 131 Å². The molecule has 1 atom stereocenters. The van der Waals surface area contributed by atoms with Crippen molar-refractivity contribution in [1.82, 2.24) is 5.32 Å². The van der Waals surface area contributed by atoms with Crippen LogP contribution in [0.2, 0.25) is 0 Å². The van der Waals surface area contributed by atoms with Gasteiger partial charge in [0.1, 0.15) is 0 Å². The first-order valence-corrected chi connectivity index (χ1v) is 8.09. The molecule has 2 aliphatic carbocycles. The number of hydrogen-bond acceptors (Lipinski definition) is 2. The highest BCUT2D eigenvalue weighted by molar-refractivity contribution is 6.11. The summed E-state index contributed by atoms with van der Waals surface area (Å²) in [7, 11) is 0. The number of aliphatic imine (C=N–C) groups is 1. The van der Waals surface area contributed by atoms with Gasteiger partial charge in [0.25, 0.3) is 5.91 Å². The lowest BCUT2D eigenvalue weighted by atomic mass is 9.77. The van der Waals surface area contributed by atoms with Crippen LogP contribution in [0.25, 0.3) is 0 Å². The van der Waals surface area contributed by atoms with E-state index < -0.39 is 0 Å². The quantitative estimate of drug-likeness (QED) is 0.851. The second kappa shape index (κ2) is 6.03. The van der Waals surface area contributed by atoms with E-state index in [-0.39, 0.29) is 17.7 Å². The molecule has 0 radical (unpaired) electrons. The average molecular weight is 298 g/mol. The van der Waals surface area contributed by atoms with E-state index in [9.17, 15) is 9.59 Å². The maximum Gasteiger partial charge on any atom is 0.251 e. The minimum Gasteiger partial charge on any atom is -0.325 e. The Balaban J connectivity index is 1.85. The molecule has 22 heavy (non-hydrogen) atoms. The highest BCUT2D eigenvalue weighted by atomic mass is 16.2. The van der Waals surface area contributed by atoms with Crippen LogP contribution in [0.4, 0.5) is 0 Å². The SMILES string of the molecule is CC(C)CC(=O)N=C1C=CC2C(=C1)NC(=O)C1=C2CCCC1. The maximum atomic E-state index is 12.2. The van der Waals surface area contributed by atoms with Crippen molar-refractivity contribution in [1.29, 1.82) is 0 Å². The minimum absolute atomic E-state index is 0.0281. The van der Waals surface area contributed by atoms with Gasteiger partial charge in [-0.1, -0.05) is 19.9 Å². The van der Waals surface area contributed by atoms with Gasteiger partial charge >= 0.3 is 0 Å². The molecule has 0 saturated carbocycles. The molecule has 0 saturated heterocycles. The molecule has 0 aromatic carbocycles. The van der Waals surface area contributed by atoms with E-state index in [1.54, 1.807) is 0 Å². The lowest BCUT2D eigenvalue weighted by Crippen LogP contribution is -2.37. The first kappa shape index (κ1) is 14.9. The first-order valence-electron chi connectivity index (χ1n) is 8.09. The predicted octanol–water partition coefficient (Wildman–Crippen LogP) is 3.07. The molecule has 3 rings (SSSR count). The van der Waals surface area contributed by atoms with Gasteiger partial charge in [0.15, 0.2) is 0 Å². The zero-order chi connectivity index (χ0) is 15.7. The van der Waals surface area contributed by atoms with E-state index >= 15 is 0 Å². The van der Waals surface area contributed by atoms with Crippen LogP contribution >= 0.6 is 0 Å². The molecule has 0 bridgehead atoms. The third kappa shape index (κ3) is 2.96. The van der Waals surface area contributed by atoms with E-state index in [1.165, 1.54) is 5.57 Å². The van der Waals surface area contributed by atoms with Crippen LogP contribution in [0, 0.1) is 11.8 Å². The Bertz CT molecular complexity index is 635. The van der Waals surface area contributed by atoms with Crippen molar-refractivity contribution in [3.63, 3.8) is 0 Å². The van der Waals surface area contributed by atoms with Crippen LogP contribution in [0.5, 0.6) is 0 Å². The van der Waals surface area contributed by atoms with Crippen LogP contribution < -0.4 is 5.32 Å². The van der Waals surface area contributed by atoms with Crippen molar-refractivity contribution < 1.29 is 9.59 Å². The molecule has 0 fully saturated rings. The summed E-state index contributed by atoms with van der Waals surface area (Å²) in [5.41, 5.74) is 3.72. The summed E-state index contributed by atoms with van der Waals surface area (Å²) >= 11 is 0. The van der Waals surface area contributed by atoms with Gasteiger partial charge in [-0.3, -0.25) is 9.59 Å². The molecule has 3 aliphatic rings. The summed E-state index contributed by atoms with van der Waals surface area (Å²) in [6, 6.07) is 0. The standard InChI is InChI=1S/C18H22N2O2/c1-11(2)9-17(21)19-12-7-8-14-13-5-3-4-6-15(13)18(22)20-16(14)10-12/h7-8,10-11,14H,3-6,9H2,1-2H3,(H,20,22). The maximum absolute atomic E-state index is 12.2. The molecule has 1 heterocycles. The highest BCUT2D eigenvalue weighted by Crippen LogP contribution is 2.38. The number of amides is 2. The number of nitrogens with one attached hydrogen (secondary N) is 1. The minimum atomic E-state index is -0.107. The predicted molar refractivity (Wildman–Crippen MR) is 86.2 cm³/mol. The van der Waals surface area contributed by atoms with Gasteiger partial charge in [0.2, 0.25) is 5.91 Å². The van der Waals surface area contributed by atoms with Crippen molar-refractivity contribution in [3.05, 3.63) is 35.1 Å². The summed E-state index contributed by atoms with van der Waals surface area (Å²) in [5, 5.41) is 2.98. The van der Waals surface area contributed by atoms with Crippen molar-refractivity contribution in [2.24, 2.45) is 16.8 Å².